The third kappa shape index (κ3) is 3.65. The molecule has 0 bridgehead atoms. The standard InChI is InChI=1S/C11H10BrN3O3S/c12-9-1-6(4-19-9)10(16)15-8(11(17)18)2-7-3-13-5-14-7/h1,3-5,8H,2H2,(H,13,14)(H,15,16)(H,17,18). The van der Waals surface area contributed by atoms with E-state index < -0.39 is 17.9 Å². The molecule has 2 aromatic rings. The summed E-state index contributed by atoms with van der Waals surface area (Å²) in [4.78, 5) is 29.6. The largest absolute Gasteiger partial charge is 0.480 e. The molecular weight excluding hydrogens is 334 g/mol. The lowest BCUT2D eigenvalue weighted by atomic mass is 10.1. The Morgan fingerprint density at radius 2 is 2.37 bits per heavy atom. The van der Waals surface area contributed by atoms with Crippen LogP contribution in [0.3, 0.4) is 0 Å². The first-order chi connectivity index (χ1) is 9.06. The van der Waals surface area contributed by atoms with Gasteiger partial charge in [-0.1, -0.05) is 0 Å². The molecule has 100 valence electrons. The van der Waals surface area contributed by atoms with E-state index in [0.29, 0.717) is 11.3 Å². The Kier molecular flexibility index (Phi) is 4.33. The second-order valence-corrected chi connectivity index (χ2v) is 6.08. The molecule has 8 heteroatoms. The van der Waals surface area contributed by atoms with Crippen molar-refractivity contribution < 1.29 is 14.7 Å². The zero-order valence-electron chi connectivity index (χ0n) is 9.59. The predicted octanol–water partition coefficient (Wildman–Crippen LogP) is 1.66. The third-order valence-corrected chi connectivity index (χ3v) is 3.92. The number of aromatic amines is 1. The number of amides is 1. The summed E-state index contributed by atoms with van der Waals surface area (Å²) < 4.78 is 0.818. The maximum absolute atomic E-state index is 11.9. The molecule has 1 amide bonds. The fourth-order valence-corrected chi connectivity index (χ4v) is 2.62. The van der Waals surface area contributed by atoms with Crippen LogP contribution in [0.5, 0.6) is 0 Å². The quantitative estimate of drug-likeness (QED) is 0.769. The van der Waals surface area contributed by atoms with Gasteiger partial charge in [-0.05, 0) is 22.0 Å². The van der Waals surface area contributed by atoms with Gasteiger partial charge in [-0.3, -0.25) is 4.79 Å². The van der Waals surface area contributed by atoms with E-state index in [1.165, 1.54) is 23.9 Å². The van der Waals surface area contributed by atoms with Gasteiger partial charge >= 0.3 is 5.97 Å². The van der Waals surface area contributed by atoms with E-state index in [2.05, 4.69) is 31.2 Å². The van der Waals surface area contributed by atoms with Gasteiger partial charge in [0.25, 0.3) is 5.91 Å². The normalized spacial score (nSPS) is 12.1. The van der Waals surface area contributed by atoms with Crippen molar-refractivity contribution in [3.8, 4) is 0 Å². The summed E-state index contributed by atoms with van der Waals surface area (Å²) in [5, 5.41) is 13.3. The number of halogens is 1. The maximum atomic E-state index is 11.9. The zero-order chi connectivity index (χ0) is 13.8. The van der Waals surface area contributed by atoms with Crippen LogP contribution < -0.4 is 5.32 Å². The van der Waals surface area contributed by atoms with Gasteiger partial charge in [-0.15, -0.1) is 11.3 Å². The van der Waals surface area contributed by atoms with E-state index in [-0.39, 0.29) is 6.42 Å². The molecule has 0 fully saturated rings. The molecule has 1 unspecified atom stereocenters. The smallest absolute Gasteiger partial charge is 0.326 e. The number of nitrogens with zero attached hydrogens (tertiary/aromatic N) is 1. The minimum Gasteiger partial charge on any atom is -0.480 e. The van der Waals surface area contributed by atoms with Gasteiger partial charge in [0.05, 0.1) is 15.7 Å². The number of aromatic nitrogens is 2. The van der Waals surface area contributed by atoms with Crippen LogP contribution in [0, 0.1) is 0 Å². The van der Waals surface area contributed by atoms with Gasteiger partial charge < -0.3 is 15.4 Å². The van der Waals surface area contributed by atoms with Crippen LogP contribution in [-0.2, 0) is 11.2 Å². The number of hydrogen-bond acceptors (Lipinski definition) is 4. The fourth-order valence-electron chi connectivity index (χ4n) is 1.49. The number of carbonyl (C=O) groups excluding carboxylic acids is 1. The molecule has 19 heavy (non-hydrogen) atoms. The Balaban J connectivity index is 2.04. The van der Waals surface area contributed by atoms with Gasteiger partial charge in [0.15, 0.2) is 0 Å². The topological polar surface area (TPSA) is 95.1 Å². The van der Waals surface area contributed by atoms with Crippen molar-refractivity contribution in [3.05, 3.63) is 39.0 Å². The number of nitrogens with one attached hydrogen (secondary N) is 2. The average molecular weight is 344 g/mol. The van der Waals surface area contributed by atoms with Gasteiger partial charge in [-0.25, -0.2) is 9.78 Å². The molecule has 0 saturated carbocycles. The minimum absolute atomic E-state index is 0.159. The summed E-state index contributed by atoms with van der Waals surface area (Å²) in [5.74, 6) is -1.49. The Bertz CT molecular complexity index is 582. The second-order valence-electron chi connectivity index (χ2n) is 3.78. The fraction of sp³-hybridized carbons (Fsp3) is 0.182. The lowest BCUT2D eigenvalue weighted by Crippen LogP contribution is -2.42. The van der Waals surface area contributed by atoms with E-state index in [0.717, 1.165) is 3.79 Å². The summed E-state index contributed by atoms with van der Waals surface area (Å²) >= 11 is 4.62. The zero-order valence-corrected chi connectivity index (χ0v) is 12.0. The summed E-state index contributed by atoms with van der Waals surface area (Å²) in [6.45, 7) is 0. The summed E-state index contributed by atoms with van der Waals surface area (Å²) in [6.07, 6.45) is 3.15. The molecule has 6 nitrogen and oxygen atoms in total. The highest BCUT2D eigenvalue weighted by molar-refractivity contribution is 9.11. The van der Waals surface area contributed by atoms with Gasteiger partial charge in [0.1, 0.15) is 6.04 Å². The molecule has 1 atom stereocenters. The summed E-state index contributed by atoms with van der Waals surface area (Å²) in [5.41, 5.74) is 1.09. The number of aliphatic carboxylic acids is 1. The molecule has 0 aliphatic carbocycles. The Morgan fingerprint density at radius 3 is 2.89 bits per heavy atom. The number of rotatable bonds is 5. The number of carboxylic acids is 1. The number of imidazole rings is 1. The maximum Gasteiger partial charge on any atom is 0.326 e. The number of thiophene rings is 1. The first-order valence-corrected chi connectivity index (χ1v) is 6.98. The van der Waals surface area contributed by atoms with Crippen molar-refractivity contribution >= 4 is 39.1 Å². The molecule has 2 aromatic heterocycles. The molecule has 2 rings (SSSR count). The first kappa shape index (κ1) is 13.8. The lowest BCUT2D eigenvalue weighted by Gasteiger charge is -2.12. The predicted molar refractivity (Wildman–Crippen MR) is 73.2 cm³/mol. The number of H-pyrrole nitrogens is 1. The minimum atomic E-state index is -1.09. The summed E-state index contributed by atoms with van der Waals surface area (Å²) in [7, 11) is 0. The van der Waals surface area contributed by atoms with Crippen molar-refractivity contribution in [1.29, 1.82) is 0 Å². The van der Waals surface area contributed by atoms with Crippen LogP contribution in [0.15, 0.2) is 27.8 Å². The Hall–Kier alpha value is -1.67. The van der Waals surface area contributed by atoms with Gasteiger partial charge in [0.2, 0.25) is 0 Å². The van der Waals surface area contributed by atoms with E-state index in [1.807, 2.05) is 0 Å². The van der Waals surface area contributed by atoms with Crippen LogP contribution >= 0.6 is 27.3 Å². The van der Waals surface area contributed by atoms with E-state index >= 15 is 0 Å². The van der Waals surface area contributed by atoms with Crippen molar-refractivity contribution in [2.24, 2.45) is 0 Å². The van der Waals surface area contributed by atoms with Crippen LogP contribution in [0.4, 0.5) is 0 Å². The molecule has 0 aliphatic heterocycles. The number of hydrogen-bond donors (Lipinski definition) is 3. The first-order valence-electron chi connectivity index (χ1n) is 5.31. The van der Waals surface area contributed by atoms with Gasteiger partial charge in [0, 0.05) is 23.7 Å². The van der Waals surface area contributed by atoms with E-state index in [4.69, 9.17) is 5.11 Å². The van der Waals surface area contributed by atoms with Crippen LogP contribution in [0.25, 0.3) is 0 Å². The second kappa shape index (κ2) is 5.98. The van der Waals surface area contributed by atoms with Crippen LogP contribution in [0.2, 0.25) is 0 Å². The monoisotopic (exact) mass is 343 g/mol. The average Bonchev–Trinajstić information content (AvgIpc) is 2.99. The van der Waals surface area contributed by atoms with Crippen molar-refractivity contribution in [2.45, 2.75) is 12.5 Å². The van der Waals surface area contributed by atoms with Crippen molar-refractivity contribution in [2.75, 3.05) is 0 Å². The highest BCUT2D eigenvalue weighted by Gasteiger charge is 2.22. The highest BCUT2D eigenvalue weighted by atomic mass is 79.9. The third-order valence-electron chi connectivity index (χ3n) is 2.41. The number of carbonyl (C=O) groups is 2. The molecule has 0 spiro atoms. The SMILES string of the molecule is O=C(NC(Cc1cnc[nH]1)C(=O)O)c1csc(Br)c1. The molecule has 0 aromatic carbocycles. The van der Waals surface area contributed by atoms with Gasteiger partial charge in [-0.2, -0.15) is 0 Å². The molecule has 2 heterocycles. The molecule has 0 aliphatic rings. The molecule has 0 radical (unpaired) electrons. The lowest BCUT2D eigenvalue weighted by molar-refractivity contribution is -0.139. The highest BCUT2D eigenvalue weighted by Crippen LogP contribution is 2.20. The van der Waals surface area contributed by atoms with E-state index in [1.54, 1.807) is 11.4 Å². The van der Waals surface area contributed by atoms with Crippen LogP contribution in [-0.4, -0.2) is 33.0 Å². The number of carboxylic acid groups (broad SMARTS) is 1. The molecular formula is C11H10BrN3O3S. The van der Waals surface area contributed by atoms with Crippen LogP contribution in [0.1, 0.15) is 16.1 Å². The van der Waals surface area contributed by atoms with Crippen molar-refractivity contribution in [3.63, 3.8) is 0 Å². The van der Waals surface area contributed by atoms with Crippen molar-refractivity contribution in [1.82, 2.24) is 15.3 Å². The summed E-state index contributed by atoms with van der Waals surface area (Å²) in [6, 6.07) is 0.654. The Labute approximate surface area is 121 Å². The van der Waals surface area contributed by atoms with E-state index in [9.17, 15) is 9.59 Å². The molecule has 3 N–H and O–H groups in total. The molecule has 0 saturated heterocycles. The Morgan fingerprint density at radius 1 is 1.58 bits per heavy atom.